The van der Waals surface area contributed by atoms with E-state index in [1.165, 1.54) is 0 Å². The summed E-state index contributed by atoms with van der Waals surface area (Å²) in [5.74, 6) is 0.897. The Morgan fingerprint density at radius 2 is 1.63 bits per heavy atom. The molecule has 1 aromatic rings. The van der Waals surface area contributed by atoms with E-state index in [1.807, 2.05) is 24.3 Å². The fourth-order valence-electron chi connectivity index (χ4n) is 2.87. The van der Waals surface area contributed by atoms with Crippen molar-refractivity contribution in [2.75, 3.05) is 6.79 Å². The number of rotatable bonds is 9. The van der Waals surface area contributed by atoms with Gasteiger partial charge in [-0.05, 0) is 55.5 Å². The monoisotopic (exact) mass is 448 g/mol. The molecule has 6 heteroatoms. The van der Waals surface area contributed by atoms with Gasteiger partial charge in [0.15, 0.2) is 8.32 Å². The molecule has 30 heavy (non-hydrogen) atoms. The van der Waals surface area contributed by atoms with E-state index in [2.05, 4.69) is 77.8 Å². The third-order valence-electron chi connectivity index (χ3n) is 5.44. The van der Waals surface area contributed by atoms with Gasteiger partial charge < -0.3 is 18.3 Å². The number of hydrogen-bond acceptors (Lipinski definition) is 4. The summed E-state index contributed by atoms with van der Waals surface area (Å²) in [5, 5.41) is 0.148. The molecule has 0 bridgehead atoms. The fourth-order valence-corrected chi connectivity index (χ4v) is 4.99. The molecule has 1 aromatic carbocycles. The average Bonchev–Trinajstić information content (AvgIpc) is 2.78. The van der Waals surface area contributed by atoms with Crippen molar-refractivity contribution in [2.24, 2.45) is 0 Å². The molecular formula is C24H40O4Si2. The van der Waals surface area contributed by atoms with E-state index < -0.39 is 16.6 Å². The maximum Gasteiger partial charge on any atom is 0.242 e. The van der Waals surface area contributed by atoms with Crippen LogP contribution in [0.2, 0.25) is 37.8 Å². The molecule has 0 aliphatic heterocycles. The lowest BCUT2D eigenvalue weighted by Gasteiger charge is -2.39. The van der Waals surface area contributed by atoms with Crippen LogP contribution in [0.1, 0.15) is 32.8 Å². The first-order valence-electron chi connectivity index (χ1n) is 10.9. The molecule has 0 N–H and O–H groups in total. The van der Waals surface area contributed by atoms with Crippen LogP contribution >= 0.6 is 0 Å². The third kappa shape index (κ3) is 8.51. The number of ether oxygens (including phenoxy) is 2. The van der Waals surface area contributed by atoms with Crippen molar-refractivity contribution in [1.82, 2.24) is 0 Å². The Morgan fingerprint density at radius 3 is 2.23 bits per heavy atom. The quantitative estimate of drug-likeness (QED) is 0.241. The van der Waals surface area contributed by atoms with E-state index in [0.717, 1.165) is 17.7 Å². The van der Waals surface area contributed by atoms with Gasteiger partial charge in [-0.1, -0.05) is 57.2 Å². The van der Waals surface area contributed by atoms with Gasteiger partial charge in [-0.25, -0.2) is 0 Å². The van der Waals surface area contributed by atoms with Crippen LogP contribution in [0.4, 0.5) is 0 Å². The minimum atomic E-state index is -1.92. The van der Waals surface area contributed by atoms with E-state index in [4.69, 9.17) is 18.3 Å². The van der Waals surface area contributed by atoms with Gasteiger partial charge in [0.2, 0.25) is 8.32 Å². The molecule has 1 aliphatic rings. The maximum atomic E-state index is 6.71. The highest BCUT2D eigenvalue weighted by molar-refractivity contribution is 6.74. The number of benzene rings is 1. The first-order chi connectivity index (χ1) is 13.9. The van der Waals surface area contributed by atoms with Gasteiger partial charge in [-0.2, -0.15) is 0 Å². The van der Waals surface area contributed by atoms with Crippen molar-refractivity contribution in [3.63, 3.8) is 0 Å². The second-order valence-electron chi connectivity index (χ2n) is 10.5. The van der Waals surface area contributed by atoms with Crippen molar-refractivity contribution >= 4 is 16.6 Å². The topological polar surface area (TPSA) is 36.9 Å². The minimum Gasteiger partial charge on any atom is -0.544 e. The van der Waals surface area contributed by atoms with Gasteiger partial charge in [0, 0.05) is 6.42 Å². The molecule has 4 nitrogen and oxygen atoms in total. The summed E-state index contributed by atoms with van der Waals surface area (Å²) in [6, 6.07) is 10.1. The number of hydrogen-bond donors (Lipinski definition) is 0. The zero-order chi connectivity index (χ0) is 22.4. The molecule has 0 saturated carbocycles. The summed E-state index contributed by atoms with van der Waals surface area (Å²) in [6.07, 6.45) is 6.91. The summed E-state index contributed by atoms with van der Waals surface area (Å²) in [6.45, 7) is 18.8. The Hall–Kier alpha value is -1.19. The van der Waals surface area contributed by atoms with Crippen LogP contribution in [-0.4, -0.2) is 35.6 Å². The van der Waals surface area contributed by atoms with Crippen LogP contribution in [0.5, 0.6) is 0 Å². The molecule has 0 unspecified atom stereocenters. The van der Waals surface area contributed by atoms with Crippen LogP contribution in [-0.2, 0) is 24.9 Å². The van der Waals surface area contributed by atoms with Crippen LogP contribution in [0.15, 0.2) is 54.3 Å². The van der Waals surface area contributed by atoms with Gasteiger partial charge in [0.1, 0.15) is 12.6 Å². The van der Waals surface area contributed by atoms with E-state index in [9.17, 15) is 0 Å². The zero-order valence-electron chi connectivity index (χ0n) is 20.0. The molecule has 0 spiro atoms. The summed E-state index contributed by atoms with van der Waals surface area (Å²) in [4.78, 5) is 0. The molecule has 2 atom stereocenters. The molecule has 0 heterocycles. The minimum absolute atomic E-state index is 0.0358. The van der Waals surface area contributed by atoms with Gasteiger partial charge in [-0.3, -0.25) is 0 Å². The predicted octanol–water partition coefficient (Wildman–Crippen LogP) is 6.63. The Morgan fingerprint density at radius 1 is 0.967 bits per heavy atom. The molecule has 0 aromatic heterocycles. The molecule has 0 saturated heterocycles. The Kier molecular flexibility index (Phi) is 8.71. The third-order valence-corrected chi connectivity index (χ3v) is 10.8. The maximum absolute atomic E-state index is 6.71. The highest BCUT2D eigenvalue weighted by atomic mass is 28.4. The van der Waals surface area contributed by atoms with Crippen molar-refractivity contribution in [3.05, 3.63) is 59.9 Å². The van der Waals surface area contributed by atoms with Crippen LogP contribution in [0.3, 0.4) is 0 Å². The summed E-state index contributed by atoms with van der Waals surface area (Å²) in [5.41, 5.74) is 1.14. The molecule has 0 fully saturated rings. The van der Waals surface area contributed by atoms with E-state index in [0.29, 0.717) is 6.61 Å². The van der Waals surface area contributed by atoms with Crippen molar-refractivity contribution in [2.45, 2.75) is 83.8 Å². The van der Waals surface area contributed by atoms with Gasteiger partial charge >= 0.3 is 0 Å². The summed E-state index contributed by atoms with van der Waals surface area (Å²) in [7, 11) is -3.63. The number of allylic oxidation sites excluding steroid dienone is 1. The second-order valence-corrected chi connectivity index (χ2v) is 19.6. The fraction of sp³-hybridized carbons (Fsp3) is 0.583. The van der Waals surface area contributed by atoms with E-state index >= 15 is 0 Å². The summed E-state index contributed by atoms with van der Waals surface area (Å²) < 4.78 is 24.8. The van der Waals surface area contributed by atoms with Gasteiger partial charge in [0.05, 0.1) is 18.8 Å². The Balaban J connectivity index is 2.02. The molecule has 0 radical (unpaired) electrons. The second kappa shape index (κ2) is 10.4. The first-order valence-corrected chi connectivity index (χ1v) is 17.2. The highest BCUT2D eigenvalue weighted by Gasteiger charge is 2.39. The molecule has 2 rings (SSSR count). The van der Waals surface area contributed by atoms with Crippen molar-refractivity contribution in [1.29, 1.82) is 0 Å². The smallest absolute Gasteiger partial charge is 0.242 e. The standard InChI is InChI=1S/C24H40O4Si2/c1-24(2,3)30(7,8)28-23-16-21(14-15-22(17-23)27-29(4,5)6)26-19-25-18-20-12-10-9-11-13-20/h9-15,17,21,23H,16,18-19H2,1-8H3/t21-,23-/m0/s1. The lowest BCUT2D eigenvalue weighted by molar-refractivity contribution is -0.0883. The Labute approximate surface area is 185 Å². The molecule has 1 aliphatic carbocycles. The largest absolute Gasteiger partial charge is 0.544 e. The normalized spacial score (nSPS) is 20.6. The first kappa shape index (κ1) is 25.1. The van der Waals surface area contributed by atoms with Gasteiger partial charge in [-0.15, -0.1) is 0 Å². The summed E-state index contributed by atoms with van der Waals surface area (Å²) >= 11 is 0. The highest BCUT2D eigenvalue weighted by Crippen LogP contribution is 2.38. The van der Waals surface area contributed by atoms with Crippen LogP contribution in [0, 0.1) is 0 Å². The predicted molar refractivity (Wildman–Crippen MR) is 129 cm³/mol. The molecular weight excluding hydrogens is 408 g/mol. The van der Waals surface area contributed by atoms with E-state index in [1.54, 1.807) is 0 Å². The lowest BCUT2D eigenvalue weighted by atomic mass is 10.2. The van der Waals surface area contributed by atoms with Crippen molar-refractivity contribution < 1.29 is 18.3 Å². The van der Waals surface area contributed by atoms with E-state index in [-0.39, 0.29) is 24.0 Å². The zero-order valence-corrected chi connectivity index (χ0v) is 22.0. The van der Waals surface area contributed by atoms with Crippen LogP contribution < -0.4 is 0 Å². The van der Waals surface area contributed by atoms with Crippen molar-refractivity contribution in [3.8, 4) is 0 Å². The Bertz CT molecular complexity index is 715. The average molecular weight is 449 g/mol. The SMILES string of the molecule is CC(C)(C)[Si](C)(C)O[C@@H]1C=C(O[Si](C)(C)C)C=C[C@H](OCOCc2ccccc2)C1. The van der Waals surface area contributed by atoms with Gasteiger partial charge in [0.25, 0.3) is 0 Å². The molecule has 168 valence electrons. The lowest BCUT2D eigenvalue weighted by Crippen LogP contribution is -2.44. The van der Waals surface area contributed by atoms with Crippen LogP contribution in [0.25, 0.3) is 0 Å². The molecule has 0 amide bonds.